The highest BCUT2D eigenvalue weighted by atomic mass is 16.1. The van der Waals surface area contributed by atoms with Crippen LogP contribution in [0.1, 0.15) is 0 Å². The molecule has 1 N–H and O–H groups in total. The Labute approximate surface area is 97.8 Å². The molecule has 2 heterocycles. The molecule has 0 saturated carbocycles. The van der Waals surface area contributed by atoms with Gasteiger partial charge in [-0.25, -0.2) is 0 Å². The van der Waals surface area contributed by atoms with Gasteiger partial charge >= 0.3 is 0 Å². The lowest BCUT2D eigenvalue weighted by Gasteiger charge is -2.03. The van der Waals surface area contributed by atoms with Crippen LogP contribution >= 0.6 is 0 Å². The monoisotopic (exact) mass is 222 g/mol. The minimum Gasteiger partial charge on any atom is -0.361 e. The lowest BCUT2D eigenvalue weighted by molar-refractivity contribution is 1.30. The molecule has 0 aliphatic heterocycles. The van der Waals surface area contributed by atoms with Gasteiger partial charge in [0.1, 0.15) is 0 Å². The zero-order chi connectivity index (χ0) is 11.7. The van der Waals surface area contributed by atoms with E-state index in [0.29, 0.717) is 0 Å². The van der Waals surface area contributed by atoms with Crippen LogP contribution in [0.2, 0.25) is 0 Å². The summed E-state index contributed by atoms with van der Waals surface area (Å²) in [4.78, 5) is 18.6. The number of fused-ring (bicyclic) bond motifs is 1. The number of aromatic nitrogens is 2. The van der Waals surface area contributed by atoms with Crippen LogP contribution in [0.4, 0.5) is 0 Å². The molecule has 0 aliphatic rings. The maximum absolute atomic E-state index is 11.3. The van der Waals surface area contributed by atoms with E-state index in [2.05, 4.69) is 9.97 Å². The summed E-state index contributed by atoms with van der Waals surface area (Å²) in [7, 11) is 0. The average Bonchev–Trinajstić information content (AvgIpc) is 2.38. The molecule has 82 valence electrons. The third-order valence-electron chi connectivity index (χ3n) is 2.69. The normalized spacial score (nSPS) is 10.6. The predicted octanol–water partition coefficient (Wildman–Crippen LogP) is 2.59. The number of hydrogen-bond acceptors (Lipinski definition) is 2. The SMILES string of the molecule is O=c1cc[nH]c(-c2ccc3ncccc3c2)c1. The number of pyridine rings is 2. The molecule has 0 fully saturated rings. The average molecular weight is 222 g/mol. The second kappa shape index (κ2) is 3.87. The molecule has 0 atom stereocenters. The van der Waals surface area contributed by atoms with E-state index in [0.717, 1.165) is 22.2 Å². The summed E-state index contributed by atoms with van der Waals surface area (Å²) in [5, 5.41) is 1.06. The highest BCUT2D eigenvalue weighted by Crippen LogP contribution is 2.20. The molecule has 0 aliphatic carbocycles. The highest BCUT2D eigenvalue weighted by molar-refractivity contribution is 5.83. The second-order valence-electron chi connectivity index (χ2n) is 3.85. The maximum Gasteiger partial charge on any atom is 0.182 e. The minimum atomic E-state index is 0.00466. The van der Waals surface area contributed by atoms with E-state index in [1.807, 2.05) is 30.3 Å². The lowest BCUT2D eigenvalue weighted by atomic mass is 10.1. The Balaban J connectivity index is 2.21. The Morgan fingerprint density at radius 1 is 1.06 bits per heavy atom. The van der Waals surface area contributed by atoms with Crippen molar-refractivity contribution in [1.82, 2.24) is 9.97 Å². The fourth-order valence-corrected chi connectivity index (χ4v) is 1.86. The topological polar surface area (TPSA) is 45.8 Å². The van der Waals surface area contributed by atoms with Crippen LogP contribution in [0, 0.1) is 0 Å². The first-order valence-corrected chi connectivity index (χ1v) is 5.37. The van der Waals surface area contributed by atoms with Gasteiger partial charge in [-0.15, -0.1) is 0 Å². The number of nitrogens with zero attached hydrogens (tertiary/aromatic N) is 1. The number of hydrogen-bond donors (Lipinski definition) is 1. The van der Waals surface area contributed by atoms with E-state index < -0.39 is 0 Å². The molecule has 0 bridgehead atoms. The van der Waals surface area contributed by atoms with Crippen LogP contribution in [0.15, 0.2) is 59.7 Å². The van der Waals surface area contributed by atoms with E-state index in [4.69, 9.17) is 0 Å². The fourth-order valence-electron chi connectivity index (χ4n) is 1.86. The van der Waals surface area contributed by atoms with Crippen LogP contribution in [0.5, 0.6) is 0 Å². The maximum atomic E-state index is 11.3. The summed E-state index contributed by atoms with van der Waals surface area (Å²) in [5.74, 6) is 0. The van der Waals surface area contributed by atoms with Crippen LogP contribution in [0.3, 0.4) is 0 Å². The Kier molecular flexibility index (Phi) is 2.22. The molecule has 0 spiro atoms. The number of rotatable bonds is 1. The Hall–Kier alpha value is -2.42. The standard InChI is InChI=1S/C14H10N2O/c17-12-5-7-16-14(9-12)11-3-4-13-10(8-11)2-1-6-15-13/h1-9H,(H,16,17). The highest BCUT2D eigenvalue weighted by Gasteiger charge is 2.00. The van der Waals surface area contributed by atoms with Gasteiger partial charge in [-0.05, 0) is 23.8 Å². The molecule has 2 aromatic heterocycles. The number of aromatic amines is 1. The number of H-pyrrole nitrogens is 1. The Bertz CT molecular complexity index is 731. The van der Waals surface area contributed by atoms with Gasteiger partial charge < -0.3 is 4.98 Å². The van der Waals surface area contributed by atoms with Crippen molar-refractivity contribution in [1.29, 1.82) is 0 Å². The molecular weight excluding hydrogens is 212 g/mol. The quantitative estimate of drug-likeness (QED) is 0.687. The largest absolute Gasteiger partial charge is 0.361 e. The van der Waals surface area contributed by atoms with E-state index in [9.17, 15) is 4.79 Å². The molecule has 3 nitrogen and oxygen atoms in total. The summed E-state index contributed by atoms with van der Waals surface area (Å²) >= 11 is 0. The predicted molar refractivity (Wildman–Crippen MR) is 67.8 cm³/mol. The summed E-state index contributed by atoms with van der Waals surface area (Å²) < 4.78 is 0. The molecule has 3 heteroatoms. The number of nitrogens with one attached hydrogen (secondary N) is 1. The van der Waals surface area contributed by atoms with E-state index in [1.165, 1.54) is 6.07 Å². The lowest BCUT2D eigenvalue weighted by Crippen LogP contribution is -1.97. The molecular formula is C14H10N2O. The Morgan fingerprint density at radius 3 is 2.88 bits per heavy atom. The summed E-state index contributed by atoms with van der Waals surface area (Å²) in [6.07, 6.45) is 3.43. The van der Waals surface area contributed by atoms with Crippen LogP contribution in [0.25, 0.3) is 22.2 Å². The minimum absolute atomic E-state index is 0.00466. The van der Waals surface area contributed by atoms with Crippen LogP contribution < -0.4 is 5.43 Å². The summed E-state index contributed by atoms with van der Waals surface area (Å²) in [6, 6.07) is 12.9. The zero-order valence-electron chi connectivity index (χ0n) is 9.05. The van der Waals surface area contributed by atoms with Gasteiger partial charge in [0.15, 0.2) is 5.43 Å². The van der Waals surface area contributed by atoms with Crippen molar-refractivity contribution in [2.24, 2.45) is 0 Å². The van der Waals surface area contributed by atoms with Gasteiger partial charge in [-0.1, -0.05) is 12.1 Å². The second-order valence-corrected chi connectivity index (χ2v) is 3.85. The first-order valence-electron chi connectivity index (χ1n) is 5.37. The van der Waals surface area contributed by atoms with Crippen molar-refractivity contribution in [2.45, 2.75) is 0 Å². The van der Waals surface area contributed by atoms with Crippen LogP contribution in [-0.2, 0) is 0 Å². The van der Waals surface area contributed by atoms with Crippen molar-refractivity contribution in [3.63, 3.8) is 0 Å². The van der Waals surface area contributed by atoms with Crippen molar-refractivity contribution in [3.8, 4) is 11.3 Å². The number of benzene rings is 1. The van der Waals surface area contributed by atoms with E-state index in [-0.39, 0.29) is 5.43 Å². The first-order chi connectivity index (χ1) is 8.33. The van der Waals surface area contributed by atoms with Crippen molar-refractivity contribution in [2.75, 3.05) is 0 Å². The van der Waals surface area contributed by atoms with Gasteiger partial charge in [0.05, 0.1) is 5.52 Å². The smallest absolute Gasteiger partial charge is 0.182 e. The van der Waals surface area contributed by atoms with Gasteiger partial charge in [-0.2, -0.15) is 0 Å². The zero-order valence-corrected chi connectivity index (χ0v) is 9.05. The molecule has 3 aromatic rings. The first kappa shape index (κ1) is 9.78. The van der Waals surface area contributed by atoms with E-state index in [1.54, 1.807) is 18.5 Å². The van der Waals surface area contributed by atoms with Crippen molar-refractivity contribution < 1.29 is 0 Å². The molecule has 1 aromatic carbocycles. The third kappa shape index (κ3) is 1.83. The van der Waals surface area contributed by atoms with E-state index >= 15 is 0 Å². The van der Waals surface area contributed by atoms with Crippen molar-refractivity contribution in [3.05, 3.63) is 65.1 Å². The van der Waals surface area contributed by atoms with Crippen molar-refractivity contribution >= 4 is 10.9 Å². The third-order valence-corrected chi connectivity index (χ3v) is 2.69. The van der Waals surface area contributed by atoms with Gasteiger partial charge in [0.25, 0.3) is 0 Å². The fraction of sp³-hybridized carbons (Fsp3) is 0. The van der Waals surface area contributed by atoms with Crippen LogP contribution in [-0.4, -0.2) is 9.97 Å². The molecule has 0 saturated heterocycles. The Morgan fingerprint density at radius 2 is 2.00 bits per heavy atom. The molecule has 3 rings (SSSR count). The summed E-state index contributed by atoms with van der Waals surface area (Å²) in [6.45, 7) is 0. The van der Waals surface area contributed by atoms with Gasteiger partial charge in [0.2, 0.25) is 0 Å². The molecule has 17 heavy (non-hydrogen) atoms. The molecule has 0 radical (unpaired) electrons. The van der Waals surface area contributed by atoms with Gasteiger partial charge in [-0.3, -0.25) is 9.78 Å². The summed E-state index contributed by atoms with van der Waals surface area (Å²) in [5.41, 5.74) is 2.77. The molecule has 0 unspecified atom stereocenters. The molecule has 0 amide bonds. The van der Waals surface area contributed by atoms with Gasteiger partial charge in [0, 0.05) is 35.6 Å².